The van der Waals surface area contributed by atoms with Gasteiger partial charge in [0, 0.05) is 25.3 Å². The van der Waals surface area contributed by atoms with Crippen LogP contribution in [0, 0.1) is 13.8 Å². The second-order valence-electron chi connectivity index (χ2n) is 4.98. The van der Waals surface area contributed by atoms with Crippen LogP contribution < -0.4 is 4.90 Å². The van der Waals surface area contributed by atoms with Gasteiger partial charge in [-0.15, -0.1) is 0 Å². The van der Waals surface area contributed by atoms with E-state index in [0.717, 1.165) is 19.6 Å². The number of rotatable bonds is 2. The standard InChI is InChI=1S/C14H22N2O/c1-11-5-4-6-14(12(11)2)16-8-7-15(3)13(9-16)10-17/h4-6,13,17H,7-10H2,1-3H3. The molecule has 0 amide bonds. The van der Waals surface area contributed by atoms with E-state index < -0.39 is 0 Å². The lowest BCUT2D eigenvalue weighted by molar-refractivity contribution is 0.135. The average molecular weight is 234 g/mol. The van der Waals surface area contributed by atoms with Gasteiger partial charge in [0.2, 0.25) is 0 Å². The monoisotopic (exact) mass is 234 g/mol. The predicted octanol–water partition coefficient (Wildman–Crippen LogP) is 1.42. The predicted molar refractivity (Wildman–Crippen MR) is 71.6 cm³/mol. The Bertz CT molecular complexity index is 392. The van der Waals surface area contributed by atoms with Gasteiger partial charge in [0.1, 0.15) is 0 Å². The summed E-state index contributed by atoms with van der Waals surface area (Å²) in [7, 11) is 2.08. The molecule has 0 bridgehead atoms. The largest absolute Gasteiger partial charge is 0.395 e. The number of nitrogens with zero attached hydrogens (tertiary/aromatic N) is 2. The molecule has 0 spiro atoms. The van der Waals surface area contributed by atoms with Crippen molar-refractivity contribution in [2.24, 2.45) is 0 Å². The van der Waals surface area contributed by atoms with E-state index >= 15 is 0 Å². The Hall–Kier alpha value is -1.06. The lowest BCUT2D eigenvalue weighted by atomic mass is 10.1. The van der Waals surface area contributed by atoms with E-state index in [4.69, 9.17) is 0 Å². The lowest BCUT2D eigenvalue weighted by Crippen LogP contribution is -2.53. The van der Waals surface area contributed by atoms with E-state index in [0.29, 0.717) is 0 Å². The second kappa shape index (κ2) is 5.07. The summed E-state index contributed by atoms with van der Waals surface area (Å²) < 4.78 is 0. The van der Waals surface area contributed by atoms with E-state index in [2.05, 4.69) is 48.9 Å². The summed E-state index contributed by atoms with van der Waals surface area (Å²) >= 11 is 0. The van der Waals surface area contributed by atoms with Gasteiger partial charge in [-0.25, -0.2) is 0 Å². The van der Waals surface area contributed by atoms with Gasteiger partial charge in [0.15, 0.2) is 0 Å². The van der Waals surface area contributed by atoms with Crippen molar-refractivity contribution in [2.45, 2.75) is 19.9 Å². The third kappa shape index (κ3) is 2.45. The van der Waals surface area contributed by atoms with E-state index in [9.17, 15) is 5.11 Å². The molecule has 2 rings (SSSR count). The number of hydrogen-bond donors (Lipinski definition) is 1. The van der Waals surface area contributed by atoms with Crippen molar-refractivity contribution in [2.75, 3.05) is 38.2 Å². The maximum atomic E-state index is 9.38. The highest BCUT2D eigenvalue weighted by atomic mass is 16.3. The van der Waals surface area contributed by atoms with Gasteiger partial charge in [-0.2, -0.15) is 0 Å². The van der Waals surface area contributed by atoms with Crippen LogP contribution in [0.3, 0.4) is 0 Å². The van der Waals surface area contributed by atoms with Gasteiger partial charge in [0.05, 0.1) is 12.6 Å². The van der Waals surface area contributed by atoms with Gasteiger partial charge in [-0.1, -0.05) is 12.1 Å². The van der Waals surface area contributed by atoms with E-state index in [1.54, 1.807) is 0 Å². The molecule has 1 saturated heterocycles. The molecular weight excluding hydrogens is 212 g/mol. The van der Waals surface area contributed by atoms with Crippen LogP contribution in [0.5, 0.6) is 0 Å². The molecule has 0 aromatic heterocycles. The van der Waals surface area contributed by atoms with Crippen molar-refractivity contribution in [3.05, 3.63) is 29.3 Å². The molecule has 94 valence electrons. The maximum Gasteiger partial charge on any atom is 0.0604 e. The van der Waals surface area contributed by atoms with Gasteiger partial charge >= 0.3 is 0 Å². The molecule has 17 heavy (non-hydrogen) atoms. The summed E-state index contributed by atoms with van der Waals surface area (Å²) in [5.41, 5.74) is 4.01. The first-order chi connectivity index (χ1) is 8.13. The third-order valence-corrected chi connectivity index (χ3v) is 3.90. The number of piperazine rings is 1. The fraction of sp³-hybridized carbons (Fsp3) is 0.571. The Morgan fingerprint density at radius 3 is 2.76 bits per heavy atom. The second-order valence-corrected chi connectivity index (χ2v) is 4.98. The van der Waals surface area contributed by atoms with Crippen LogP contribution in [-0.2, 0) is 0 Å². The zero-order chi connectivity index (χ0) is 12.4. The number of hydrogen-bond acceptors (Lipinski definition) is 3. The van der Waals surface area contributed by atoms with Crippen LogP contribution in [-0.4, -0.2) is 49.3 Å². The molecule has 1 unspecified atom stereocenters. The maximum absolute atomic E-state index is 9.38. The number of aliphatic hydroxyl groups excluding tert-OH is 1. The van der Waals surface area contributed by atoms with E-state index in [-0.39, 0.29) is 12.6 Å². The van der Waals surface area contributed by atoms with Crippen molar-refractivity contribution in [3.8, 4) is 0 Å². The Morgan fingerprint density at radius 2 is 2.06 bits per heavy atom. The summed E-state index contributed by atoms with van der Waals surface area (Å²) in [4.78, 5) is 4.63. The summed E-state index contributed by atoms with van der Waals surface area (Å²) in [5.74, 6) is 0. The quantitative estimate of drug-likeness (QED) is 0.838. The van der Waals surface area contributed by atoms with Gasteiger partial charge < -0.3 is 10.0 Å². The van der Waals surface area contributed by atoms with Crippen LogP contribution in [0.2, 0.25) is 0 Å². The average Bonchev–Trinajstić information content (AvgIpc) is 2.34. The molecule has 1 aliphatic heterocycles. The first-order valence-corrected chi connectivity index (χ1v) is 6.25. The first-order valence-electron chi connectivity index (χ1n) is 6.25. The fourth-order valence-corrected chi connectivity index (χ4v) is 2.44. The van der Waals surface area contributed by atoms with Crippen LogP contribution in [0.15, 0.2) is 18.2 Å². The molecule has 1 aromatic rings. The van der Waals surface area contributed by atoms with Crippen molar-refractivity contribution in [3.63, 3.8) is 0 Å². The third-order valence-electron chi connectivity index (χ3n) is 3.90. The SMILES string of the molecule is Cc1cccc(N2CCN(C)C(CO)C2)c1C. The van der Waals surface area contributed by atoms with Crippen molar-refractivity contribution in [1.82, 2.24) is 4.90 Å². The molecule has 1 N–H and O–H groups in total. The van der Waals surface area contributed by atoms with Gasteiger partial charge in [-0.3, -0.25) is 4.90 Å². The van der Waals surface area contributed by atoms with Crippen LogP contribution >= 0.6 is 0 Å². The minimum absolute atomic E-state index is 0.234. The van der Waals surface area contributed by atoms with Crippen molar-refractivity contribution < 1.29 is 5.11 Å². The zero-order valence-corrected chi connectivity index (χ0v) is 11.0. The first kappa shape index (κ1) is 12.4. The zero-order valence-electron chi connectivity index (χ0n) is 11.0. The molecule has 1 atom stereocenters. The normalized spacial score (nSPS) is 21.9. The highest BCUT2D eigenvalue weighted by molar-refractivity contribution is 5.56. The van der Waals surface area contributed by atoms with Crippen LogP contribution in [0.25, 0.3) is 0 Å². The fourth-order valence-electron chi connectivity index (χ4n) is 2.44. The number of aliphatic hydroxyl groups is 1. The highest BCUT2D eigenvalue weighted by Gasteiger charge is 2.24. The topological polar surface area (TPSA) is 26.7 Å². The molecule has 1 heterocycles. The molecule has 3 nitrogen and oxygen atoms in total. The molecule has 0 saturated carbocycles. The summed E-state index contributed by atoms with van der Waals surface area (Å²) in [6.45, 7) is 7.53. The molecule has 1 aliphatic rings. The molecular formula is C14H22N2O. The van der Waals surface area contributed by atoms with E-state index in [1.165, 1.54) is 16.8 Å². The van der Waals surface area contributed by atoms with Crippen molar-refractivity contribution >= 4 is 5.69 Å². The molecule has 3 heteroatoms. The van der Waals surface area contributed by atoms with Gasteiger partial charge in [-0.05, 0) is 38.1 Å². The highest BCUT2D eigenvalue weighted by Crippen LogP contribution is 2.24. The molecule has 1 fully saturated rings. The number of aryl methyl sites for hydroxylation is 1. The van der Waals surface area contributed by atoms with Crippen molar-refractivity contribution in [1.29, 1.82) is 0 Å². The number of benzene rings is 1. The van der Waals surface area contributed by atoms with Crippen LogP contribution in [0.4, 0.5) is 5.69 Å². The minimum Gasteiger partial charge on any atom is -0.395 e. The number of anilines is 1. The molecule has 1 aromatic carbocycles. The van der Waals surface area contributed by atoms with E-state index in [1.807, 2.05) is 0 Å². The Morgan fingerprint density at radius 1 is 1.29 bits per heavy atom. The molecule has 0 aliphatic carbocycles. The Labute approximate surface area is 104 Å². The lowest BCUT2D eigenvalue weighted by Gasteiger charge is -2.40. The van der Waals surface area contributed by atoms with Gasteiger partial charge in [0.25, 0.3) is 0 Å². The van der Waals surface area contributed by atoms with Crippen LogP contribution in [0.1, 0.15) is 11.1 Å². The summed E-state index contributed by atoms with van der Waals surface area (Å²) in [5, 5.41) is 9.38. The minimum atomic E-state index is 0.234. The Balaban J connectivity index is 2.20. The molecule has 0 radical (unpaired) electrons. The smallest absolute Gasteiger partial charge is 0.0604 e. The summed E-state index contributed by atoms with van der Waals surface area (Å²) in [6, 6.07) is 6.70. The summed E-state index contributed by atoms with van der Waals surface area (Å²) in [6.07, 6.45) is 0. The Kier molecular flexibility index (Phi) is 3.69. The number of likely N-dealkylation sites (N-methyl/N-ethyl adjacent to an activating group) is 1.